The van der Waals surface area contributed by atoms with Crippen LogP contribution >= 0.6 is 11.6 Å². The quantitative estimate of drug-likeness (QED) is 0.487. The summed E-state index contributed by atoms with van der Waals surface area (Å²) in [6, 6.07) is 5.10. The third-order valence-corrected chi connectivity index (χ3v) is 2.39. The topological polar surface area (TPSA) is 46.5 Å². The predicted octanol–water partition coefficient (Wildman–Crippen LogP) is 3.23. The van der Waals surface area contributed by atoms with Gasteiger partial charge in [0.2, 0.25) is 0 Å². The summed E-state index contributed by atoms with van der Waals surface area (Å²) in [4.78, 5) is 10.4. The average molecular weight is 265 g/mol. The summed E-state index contributed by atoms with van der Waals surface area (Å²) >= 11 is 6.01. The maximum Gasteiger partial charge on any atom is 0.328 e. The lowest BCUT2D eigenvalue weighted by molar-refractivity contribution is -0.131. The van der Waals surface area contributed by atoms with E-state index in [0.717, 1.165) is 12.5 Å². The molecule has 4 heteroatoms. The highest BCUT2D eigenvalue weighted by atomic mass is 35.5. The summed E-state index contributed by atoms with van der Waals surface area (Å²) in [5, 5.41) is 8.95. The van der Waals surface area contributed by atoms with Crippen LogP contribution in [0.2, 0.25) is 5.02 Å². The normalized spacial score (nSPS) is 10.2. The molecule has 0 radical (unpaired) electrons. The summed E-state index contributed by atoms with van der Waals surface area (Å²) in [6.07, 6.45) is 9.09. The van der Waals surface area contributed by atoms with E-state index in [1.54, 1.807) is 18.2 Å². The van der Waals surface area contributed by atoms with Gasteiger partial charge in [-0.2, -0.15) is 0 Å². The van der Waals surface area contributed by atoms with Crippen molar-refractivity contribution in [2.75, 3.05) is 6.61 Å². The first kappa shape index (κ1) is 14.1. The van der Waals surface area contributed by atoms with Crippen LogP contribution in [0.4, 0.5) is 0 Å². The molecule has 0 amide bonds. The number of benzene rings is 1. The molecule has 1 N–H and O–H groups in total. The maximum atomic E-state index is 10.4. The molecule has 1 rings (SSSR count). The second-order valence-corrected chi connectivity index (χ2v) is 3.92. The Hall–Kier alpha value is -1.92. The molecule has 0 aliphatic carbocycles. The van der Waals surface area contributed by atoms with E-state index in [4.69, 9.17) is 27.9 Å². The first-order chi connectivity index (χ1) is 8.63. The minimum atomic E-state index is -0.999. The highest BCUT2D eigenvalue weighted by Crippen LogP contribution is 2.26. The summed E-state index contributed by atoms with van der Waals surface area (Å²) in [5.41, 5.74) is 0.707. The molecule has 0 aliphatic rings. The van der Waals surface area contributed by atoms with Crippen molar-refractivity contribution in [3.8, 4) is 18.1 Å². The van der Waals surface area contributed by atoms with Crippen molar-refractivity contribution < 1.29 is 14.6 Å². The first-order valence-corrected chi connectivity index (χ1v) is 5.78. The lowest BCUT2D eigenvalue weighted by atomic mass is 10.2. The second kappa shape index (κ2) is 7.41. The molecule has 0 unspecified atom stereocenters. The number of hydrogen-bond donors (Lipinski definition) is 1. The van der Waals surface area contributed by atoms with Crippen LogP contribution in [-0.4, -0.2) is 17.7 Å². The van der Waals surface area contributed by atoms with E-state index in [1.165, 1.54) is 6.08 Å². The Morgan fingerprint density at radius 3 is 2.94 bits per heavy atom. The van der Waals surface area contributed by atoms with Crippen molar-refractivity contribution in [1.29, 1.82) is 0 Å². The fraction of sp³-hybridized carbons (Fsp3) is 0.214. The summed E-state index contributed by atoms with van der Waals surface area (Å²) in [7, 11) is 0. The number of halogens is 1. The minimum Gasteiger partial charge on any atom is -0.492 e. The average Bonchev–Trinajstić information content (AvgIpc) is 2.34. The molecule has 94 valence electrons. The van der Waals surface area contributed by atoms with E-state index >= 15 is 0 Å². The van der Waals surface area contributed by atoms with E-state index in [0.29, 0.717) is 29.4 Å². The van der Waals surface area contributed by atoms with Crippen LogP contribution in [0.5, 0.6) is 5.75 Å². The first-order valence-electron chi connectivity index (χ1n) is 5.40. The number of carboxylic acids is 1. The van der Waals surface area contributed by atoms with Gasteiger partial charge in [0.1, 0.15) is 5.75 Å². The minimum absolute atomic E-state index is 0.447. The monoisotopic (exact) mass is 264 g/mol. The van der Waals surface area contributed by atoms with Gasteiger partial charge < -0.3 is 9.84 Å². The third kappa shape index (κ3) is 4.94. The Labute approximate surface area is 111 Å². The zero-order valence-electron chi connectivity index (χ0n) is 9.73. The molecule has 3 nitrogen and oxygen atoms in total. The number of carbonyl (C=O) groups is 1. The van der Waals surface area contributed by atoms with Gasteiger partial charge in [0.25, 0.3) is 0 Å². The number of ether oxygens (including phenoxy) is 1. The van der Waals surface area contributed by atoms with Gasteiger partial charge in [-0.15, -0.1) is 12.3 Å². The Balaban J connectivity index is 2.62. The lowest BCUT2D eigenvalue weighted by Gasteiger charge is -2.07. The molecule has 0 aliphatic heterocycles. The van der Waals surface area contributed by atoms with Crippen LogP contribution in [0, 0.1) is 12.3 Å². The van der Waals surface area contributed by atoms with E-state index < -0.39 is 5.97 Å². The van der Waals surface area contributed by atoms with E-state index in [9.17, 15) is 4.79 Å². The van der Waals surface area contributed by atoms with Crippen molar-refractivity contribution in [3.05, 3.63) is 34.9 Å². The van der Waals surface area contributed by atoms with E-state index in [1.807, 2.05) is 0 Å². The highest BCUT2D eigenvalue weighted by Gasteiger charge is 2.02. The Morgan fingerprint density at radius 1 is 1.56 bits per heavy atom. The van der Waals surface area contributed by atoms with Gasteiger partial charge in [-0.25, -0.2) is 4.79 Å². The number of rotatable bonds is 6. The van der Waals surface area contributed by atoms with Crippen molar-refractivity contribution in [2.45, 2.75) is 12.8 Å². The SMILES string of the molecule is C#CCCCOc1ccc(/C=C/C(=O)O)cc1Cl. The van der Waals surface area contributed by atoms with Crippen LogP contribution in [-0.2, 0) is 4.79 Å². The van der Waals surface area contributed by atoms with Crippen molar-refractivity contribution in [2.24, 2.45) is 0 Å². The predicted molar refractivity (Wildman–Crippen MR) is 71.7 cm³/mol. The lowest BCUT2D eigenvalue weighted by Crippen LogP contribution is -1.97. The standard InChI is InChI=1S/C14H13ClO3/c1-2-3-4-9-18-13-7-5-11(10-12(13)15)6-8-14(16)17/h1,5-8,10H,3-4,9H2,(H,16,17)/b8-6+. The fourth-order valence-corrected chi connectivity index (χ4v) is 1.51. The molecule has 1 aromatic rings. The molecule has 18 heavy (non-hydrogen) atoms. The van der Waals surface area contributed by atoms with Gasteiger partial charge >= 0.3 is 5.97 Å². The van der Waals surface area contributed by atoms with E-state index in [-0.39, 0.29) is 0 Å². The molecule has 0 atom stereocenters. The number of terminal acetylenes is 1. The molecule has 0 heterocycles. The Morgan fingerprint density at radius 2 is 2.33 bits per heavy atom. The summed E-state index contributed by atoms with van der Waals surface area (Å²) < 4.78 is 5.45. The van der Waals surface area contributed by atoms with Crippen molar-refractivity contribution in [3.63, 3.8) is 0 Å². The van der Waals surface area contributed by atoms with Crippen molar-refractivity contribution >= 4 is 23.6 Å². The molecular formula is C14H13ClO3. The number of carboxylic acid groups (broad SMARTS) is 1. The van der Waals surface area contributed by atoms with Gasteiger partial charge in [-0.3, -0.25) is 0 Å². The van der Waals surface area contributed by atoms with Gasteiger partial charge in [-0.1, -0.05) is 17.7 Å². The van der Waals surface area contributed by atoms with Gasteiger partial charge in [0, 0.05) is 12.5 Å². The summed E-state index contributed by atoms with van der Waals surface area (Å²) in [5.74, 6) is 2.10. The number of aliphatic carboxylic acids is 1. The number of hydrogen-bond acceptors (Lipinski definition) is 2. The number of unbranched alkanes of at least 4 members (excludes halogenated alkanes) is 1. The molecule has 1 aromatic carbocycles. The van der Waals surface area contributed by atoms with Gasteiger partial charge in [0.05, 0.1) is 11.6 Å². The fourth-order valence-electron chi connectivity index (χ4n) is 1.26. The van der Waals surface area contributed by atoms with Crippen LogP contribution in [0.1, 0.15) is 18.4 Å². The summed E-state index contributed by atoms with van der Waals surface area (Å²) in [6.45, 7) is 0.508. The second-order valence-electron chi connectivity index (χ2n) is 3.52. The zero-order valence-corrected chi connectivity index (χ0v) is 10.5. The van der Waals surface area contributed by atoms with Crippen LogP contribution in [0.3, 0.4) is 0 Å². The third-order valence-electron chi connectivity index (χ3n) is 2.10. The van der Waals surface area contributed by atoms with Crippen LogP contribution in [0.25, 0.3) is 6.08 Å². The molecule has 0 saturated carbocycles. The zero-order chi connectivity index (χ0) is 13.4. The van der Waals surface area contributed by atoms with Crippen LogP contribution < -0.4 is 4.74 Å². The Kier molecular flexibility index (Phi) is 5.83. The molecular weight excluding hydrogens is 252 g/mol. The maximum absolute atomic E-state index is 10.4. The molecule has 0 bridgehead atoms. The van der Waals surface area contributed by atoms with Crippen LogP contribution in [0.15, 0.2) is 24.3 Å². The molecule has 0 fully saturated rings. The Bertz CT molecular complexity index is 486. The van der Waals surface area contributed by atoms with Gasteiger partial charge in [-0.05, 0) is 30.2 Å². The van der Waals surface area contributed by atoms with Gasteiger partial charge in [0.15, 0.2) is 0 Å². The molecule has 0 spiro atoms. The molecule has 0 aromatic heterocycles. The van der Waals surface area contributed by atoms with E-state index in [2.05, 4.69) is 5.92 Å². The molecule has 0 saturated heterocycles. The smallest absolute Gasteiger partial charge is 0.328 e. The largest absolute Gasteiger partial charge is 0.492 e. The highest BCUT2D eigenvalue weighted by molar-refractivity contribution is 6.32. The van der Waals surface area contributed by atoms with Crippen molar-refractivity contribution in [1.82, 2.24) is 0 Å².